The van der Waals surface area contributed by atoms with Crippen molar-refractivity contribution in [2.75, 3.05) is 0 Å². The van der Waals surface area contributed by atoms with Crippen LogP contribution in [0.2, 0.25) is 0 Å². The predicted molar refractivity (Wildman–Crippen MR) is 27.3 cm³/mol. The summed E-state index contributed by atoms with van der Waals surface area (Å²) in [7, 11) is 0. The van der Waals surface area contributed by atoms with E-state index in [0.717, 1.165) is 0 Å². The average molecular weight is 162 g/mol. The molecule has 1 N–H and O–H groups in total. The molecule has 6 nitrogen and oxygen atoms in total. The van der Waals surface area contributed by atoms with E-state index >= 15 is 0 Å². The molecule has 2 rings (SSSR count). The number of aromatic amines is 1. The maximum Gasteiger partial charge on any atom is 0.226 e. The number of rotatable bonds is 0. The molecule has 0 fully saturated rings. The maximum atomic E-state index is 3.72. The van der Waals surface area contributed by atoms with E-state index in [-0.39, 0.29) is 37.7 Å². The molecule has 0 saturated carbocycles. The fourth-order valence-corrected chi connectivity index (χ4v) is 0.542. The van der Waals surface area contributed by atoms with Gasteiger partial charge in [0, 0.05) is 37.7 Å². The monoisotopic (exact) mass is 162 g/mol. The molecule has 10 heavy (non-hydrogen) atoms. The second-order valence-electron chi connectivity index (χ2n) is 1.47. The smallest absolute Gasteiger partial charge is 0.195 e. The van der Waals surface area contributed by atoms with Crippen molar-refractivity contribution in [1.29, 1.82) is 0 Å². The third-order valence-corrected chi connectivity index (χ3v) is 0.927. The van der Waals surface area contributed by atoms with Gasteiger partial charge in [0.1, 0.15) is 0 Å². The van der Waals surface area contributed by atoms with Crippen LogP contribution in [0.25, 0.3) is 11.2 Å². The maximum absolute atomic E-state index is 3.72. The van der Waals surface area contributed by atoms with Crippen molar-refractivity contribution < 1.29 is 37.7 Å². The van der Waals surface area contributed by atoms with Crippen LogP contribution in [0.1, 0.15) is 0 Å². The van der Waals surface area contributed by atoms with Crippen molar-refractivity contribution in [3.63, 3.8) is 0 Å². The molecule has 0 aliphatic rings. The van der Waals surface area contributed by atoms with E-state index in [1.807, 2.05) is 0 Å². The third-order valence-electron chi connectivity index (χ3n) is 0.927. The number of hydrogen-bond donors (Lipinski definition) is 1. The SMILES string of the molecule is [Ar].c1nnnc2n[nH]nc12. The number of hydrogen-bond acceptors (Lipinski definition) is 5. The molecule has 7 heteroatoms. The van der Waals surface area contributed by atoms with Crippen LogP contribution in [0.3, 0.4) is 0 Å². The van der Waals surface area contributed by atoms with Crippen LogP contribution in [0.4, 0.5) is 0 Å². The van der Waals surface area contributed by atoms with Gasteiger partial charge in [-0.2, -0.15) is 10.3 Å². The molecule has 0 bridgehead atoms. The molecule has 2 heterocycles. The summed E-state index contributed by atoms with van der Waals surface area (Å²) in [5.74, 6) is 0. The van der Waals surface area contributed by atoms with Crippen LogP contribution in [-0.2, 0) is 0 Å². The standard InChI is InChI=1S/C3H2N6.Ar/c1-2-3(6-8-4-1)7-9-5-2;/h1H,(H,4,5,6,7,9);. The first kappa shape index (κ1) is 7.77. The zero-order chi connectivity index (χ0) is 6.10. The Morgan fingerprint density at radius 3 is 3.00 bits per heavy atom. The summed E-state index contributed by atoms with van der Waals surface area (Å²) < 4.78 is 0. The van der Waals surface area contributed by atoms with Gasteiger partial charge in [0.15, 0.2) is 5.52 Å². The Hall–Kier alpha value is -0.330. The normalized spacial score (nSPS) is 9.20. The van der Waals surface area contributed by atoms with Gasteiger partial charge < -0.3 is 0 Å². The molecular formula is C3H2ArN6. The number of nitrogens with one attached hydrogen (secondary N) is 1. The van der Waals surface area contributed by atoms with Crippen LogP contribution in [-0.4, -0.2) is 30.8 Å². The van der Waals surface area contributed by atoms with Gasteiger partial charge in [0.2, 0.25) is 5.65 Å². The summed E-state index contributed by atoms with van der Waals surface area (Å²) in [5, 5.41) is 20.2. The average Bonchev–Trinajstić information content (AvgIpc) is 2.33. The van der Waals surface area contributed by atoms with Crippen molar-refractivity contribution >= 4 is 11.2 Å². The summed E-state index contributed by atoms with van der Waals surface area (Å²) in [6, 6.07) is 0. The largest absolute Gasteiger partial charge is 0.226 e. The Kier molecular flexibility index (Phi) is 2.47. The van der Waals surface area contributed by atoms with Gasteiger partial charge >= 0.3 is 0 Å². The van der Waals surface area contributed by atoms with Crippen molar-refractivity contribution in [3.05, 3.63) is 6.20 Å². The minimum absolute atomic E-state index is 0. The minimum Gasteiger partial charge on any atom is -0.195 e. The molecule has 0 aromatic carbocycles. The van der Waals surface area contributed by atoms with Crippen LogP contribution < -0.4 is 0 Å². The van der Waals surface area contributed by atoms with Crippen molar-refractivity contribution in [2.45, 2.75) is 0 Å². The Morgan fingerprint density at radius 2 is 2.20 bits per heavy atom. The van der Waals surface area contributed by atoms with E-state index in [2.05, 4.69) is 30.8 Å². The van der Waals surface area contributed by atoms with Crippen LogP contribution >= 0.6 is 0 Å². The Bertz CT molecular complexity index is 287. The third kappa shape index (κ3) is 1.23. The second-order valence-corrected chi connectivity index (χ2v) is 1.47. The van der Waals surface area contributed by atoms with Crippen LogP contribution in [0, 0.1) is 37.7 Å². The van der Waals surface area contributed by atoms with E-state index in [4.69, 9.17) is 0 Å². The molecule has 52 valence electrons. The zero-order valence-corrected chi connectivity index (χ0v) is 5.37. The van der Waals surface area contributed by atoms with Crippen molar-refractivity contribution in [2.24, 2.45) is 0 Å². The molecule has 0 atom stereocenters. The minimum atomic E-state index is 0. The van der Waals surface area contributed by atoms with Crippen LogP contribution in [0.15, 0.2) is 6.20 Å². The number of nitrogens with zero attached hydrogens (tertiary/aromatic N) is 5. The van der Waals surface area contributed by atoms with E-state index in [0.29, 0.717) is 11.2 Å². The van der Waals surface area contributed by atoms with Gasteiger partial charge in [-0.1, -0.05) is 0 Å². The van der Waals surface area contributed by atoms with E-state index < -0.39 is 0 Å². The molecule has 2 aromatic rings. The topological polar surface area (TPSA) is 80.2 Å². The molecule has 2 aromatic heterocycles. The molecular weight excluding hydrogens is 160 g/mol. The predicted octanol–water partition coefficient (Wildman–Crippen LogP) is -0.857. The molecule has 0 unspecified atom stereocenters. The van der Waals surface area contributed by atoms with Gasteiger partial charge in [-0.25, -0.2) is 0 Å². The van der Waals surface area contributed by atoms with E-state index in [1.165, 1.54) is 6.20 Å². The van der Waals surface area contributed by atoms with Crippen molar-refractivity contribution in [1.82, 2.24) is 30.8 Å². The number of fused-ring (bicyclic) bond motifs is 1. The first-order valence-electron chi connectivity index (χ1n) is 2.31. The second kappa shape index (κ2) is 3.18. The molecule has 0 amide bonds. The van der Waals surface area contributed by atoms with Gasteiger partial charge in [0.05, 0.1) is 6.20 Å². The molecule has 0 saturated heterocycles. The first-order valence-corrected chi connectivity index (χ1v) is 2.31. The molecule has 0 spiro atoms. The van der Waals surface area contributed by atoms with E-state index in [9.17, 15) is 0 Å². The number of H-pyrrole nitrogens is 1. The molecule has 0 aliphatic carbocycles. The zero-order valence-electron chi connectivity index (χ0n) is 4.67. The fourth-order valence-electron chi connectivity index (χ4n) is 0.542. The van der Waals surface area contributed by atoms with Gasteiger partial charge in [-0.05, 0) is 5.21 Å². The summed E-state index contributed by atoms with van der Waals surface area (Å²) >= 11 is 0. The van der Waals surface area contributed by atoms with Crippen LogP contribution in [0.5, 0.6) is 0 Å². The Labute approximate surface area is 85.4 Å². The molecule has 0 radical (unpaired) electrons. The fraction of sp³-hybridized carbons (Fsp3) is 0. The number of aromatic nitrogens is 6. The molecule has 0 aliphatic heterocycles. The first-order chi connectivity index (χ1) is 4.47. The Balaban J connectivity index is 0.000000500. The van der Waals surface area contributed by atoms with Crippen molar-refractivity contribution in [3.8, 4) is 0 Å². The van der Waals surface area contributed by atoms with Gasteiger partial charge in [-0.3, -0.25) is 0 Å². The summed E-state index contributed by atoms with van der Waals surface area (Å²) in [6.07, 6.45) is 1.49. The quantitative estimate of drug-likeness (QED) is 0.545. The van der Waals surface area contributed by atoms with Gasteiger partial charge in [-0.15, -0.1) is 15.3 Å². The summed E-state index contributed by atoms with van der Waals surface area (Å²) in [4.78, 5) is 0. The summed E-state index contributed by atoms with van der Waals surface area (Å²) in [5.41, 5.74) is 1.12. The van der Waals surface area contributed by atoms with E-state index in [1.54, 1.807) is 0 Å². The van der Waals surface area contributed by atoms with Gasteiger partial charge in [0.25, 0.3) is 0 Å². The Morgan fingerprint density at radius 1 is 1.30 bits per heavy atom. The summed E-state index contributed by atoms with van der Waals surface area (Å²) in [6.45, 7) is 0.